The van der Waals surface area contributed by atoms with Gasteiger partial charge >= 0.3 is 0 Å². The van der Waals surface area contributed by atoms with Crippen molar-refractivity contribution in [2.24, 2.45) is 0 Å². The second-order valence-corrected chi connectivity index (χ2v) is 3.88. The number of hydrogen-bond donors (Lipinski definition) is 0. The number of rotatable bonds is 1. The lowest BCUT2D eigenvalue weighted by Gasteiger charge is -2.11. The molecule has 66 valence electrons. The van der Waals surface area contributed by atoms with Crippen molar-refractivity contribution < 1.29 is 4.74 Å². The molecule has 3 heteroatoms. The molecule has 1 aromatic rings. The van der Waals surface area contributed by atoms with Gasteiger partial charge in [0, 0.05) is 20.6 Å². The average molecular weight is 250 g/mol. The van der Waals surface area contributed by atoms with E-state index in [0.717, 1.165) is 26.4 Å². The lowest BCUT2D eigenvalue weighted by Crippen LogP contribution is -1.92. The van der Waals surface area contributed by atoms with Crippen LogP contribution in [0.15, 0.2) is 10.5 Å². The molecule has 0 saturated heterocycles. The van der Waals surface area contributed by atoms with Crippen LogP contribution >= 0.6 is 27.5 Å². The van der Waals surface area contributed by atoms with E-state index < -0.39 is 0 Å². The van der Waals surface area contributed by atoms with E-state index in [9.17, 15) is 0 Å². The molecule has 0 spiro atoms. The maximum atomic E-state index is 5.96. The molecule has 0 amide bonds. The Balaban J connectivity index is 3.42. The average Bonchev–Trinajstić information content (AvgIpc) is 2.02. The van der Waals surface area contributed by atoms with E-state index in [1.807, 2.05) is 19.9 Å². The number of halogens is 2. The minimum absolute atomic E-state index is 0.726. The quantitative estimate of drug-likeness (QED) is 0.737. The van der Waals surface area contributed by atoms with Crippen LogP contribution in [0.3, 0.4) is 0 Å². The molecular formula is C9H10BrClO. The Morgan fingerprint density at radius 1 is 1.33 bits per heavy atom. The van der Waals surface area contributed by atoms with Crippen LogP contribution in [0.25, 0.3) is 0 Å². The predicted octanol–water partition coefficient (Wildman–Crippen LogP) is 3.73. The summed E-state index contributed by atoms with van der Waals surface area (Å²) in [5.41, 5.74) is 2.07. The molecule has 1 aromatic carbocycles. The highest BCUT2D eigenvalue weighted by molar-refractivity contribution is 9.10. The lowest BCUT2D eigenvalue weighted by atomic mass is 10.1. The summed E-state index contributed by atoms with van der Waals surface area (Å²) in [6.07, 6.45) is 0. The Bertz CT molecular complexity index is 284. The zero-order valence-electron chi connectivity index (χ0n) is 7.24. The third-order valence-electron chi connectivity index (χ3n) is 1.86. The van der Waals surface area contributed by atoms with E-state index in [0.29, 0.717) is 0 Å². The molecule has 0 radical (unpaired) electrons. The van der Waals surface area contributed by atoms with Gasteiger partial charge in [-0.3, -0.25) is 0 Å². The molecule has 12 heavy (non-hydrogen) atoms. The maximum Gasteiger partial charge on any atom is 0.127 e. The van der Waals surface area contributed by atoms with Crippen molar-refractivity contribution in [1.29, 1.82) is 0 Å². The normalized spacial score (nSPS) is 10.1. The van der Waals surface area contributed by atoms with E-state index in [1.54, 1.807) is 7.11 Å². The molecule has 0 heterocycles. The zero-order valence-corrected chi connectivity index (χ0v) is 9.58. The van der Waals surface area contributed by atoms with Gasteiger partial charge in [0.2, 0.25) is 0 Å². The molecule has 0 N–H and O–H groups in total. The van der Waals surface area contributed by atoms with Crippen LogP contribution in [0.1, 0.15) is 11.1 Å². The summed E-state index contributed by atoms with van der Waals surface area (Å²) in [6, 6.07) is 1.88. The summed E-state index contributed by atoms with van der Waals surface area (Å²) in [7, 11) is 1.65. The maximum absolute atomic E-state index is 5.96. The third kappa shape index (κ3) is 1.59. The van der Waals surface area contributed by atoms with Crippen LogP contribution in [0.5, 0.6) is 5.75 Å². The monoisotopic (exact) mass is 248 g/mol. The molecule has 0 saturated carbocycles. The molecule has 0 fully saturated rings. The van der Waals surface area contributed by atoms with Gasteiger partial charge in [-0.1, -0.05) is 27.5 Å². The van der Waals surface area contributed by atoms with E-state index in [-0.39, 0.29) is 0 Å². The van der Waals surface area contributed by atoms with Gasteiger partial charge < -0.3 is 4.74 Å². The highest BCUT2D eigenvalue weighted by atomic mass is 79.9. The highest BCUT2D eigenvalue weighted by Gasteiger charge is 2.09. The van der Waals surface area contributed by atoms with Gasteiger partial charge in [-0.2, -0.15) is 0 Å². The summed E-state index contributed by atoms with van der Waals surface area (Å²) < 4.78 is 6.20. The third-order valence-corrected chi connectivity index (χ3v) is 3.07. The Hall–Kier alpha value is -0.210. The largest absolute Gasteiger partial charge is 0.496 e. The molecule has 0 bridgehead atoms. The Labute approximate surface area is 85.8 Å². The summed E-state index contributed by atoms with van der Waals surface area (Å²) in [6.45, 7) is 3.94. The first kappa shape index (κ1) is 9.87. The van der Waals surface area contributed by atoms with E-state index in [4.69, 9.17) is 16.3 Å². The first-order valence-electron chi connectivity index (χ1n) is 3.57. The van der Waals surface area contributed by atoms with Crippen LogP contribution in [-0.2, 0) is 0 Å². The van der Waals surface area contributed by atoms with Crippen molar-refractivity contribution in [1.82, 2.24) is 0 Å². The number of benzene rings is 1. The van der Waals surface area contributed by atoms with Gasteiger partial charge in [-0.15, -0.1) is 0 Å². The highest BCUT2D eigenvalue weighted by Crippen LogP contribution is 2.34. The van der Waals surface area contributed by atoms with Gasteiger partial charge in [-0.25, -0.2) is 0 Å². The van der Waals surface area contributed by atoms with Gasteiger partial charge in [0.25, 0.3) is 0 Å². The van der Waals surface area contributed by atoms with Crippen molar-refractivity contribution in [2.45, 2.75) is 13.8 Å². The van der Waals surface area contributed by atoms with Gasteiger partial charge in [0.05, 0.1) is 7.11 Å². The summed E-state index contributed by atoms with van der Waals surface area (Å²) in [4.78, 5) is 0. The first-order valence-corrected chi connectivity index (χ1v) is 4.74. The number of methoxy groups -OCH3 is 1. The van der Waals surface area contributed by atoms with Gasteiger partial charge in [0.1, 0.15) is 5.75 Å². The van der Waals surface area contributed by atoms with Gasteiger partial charge in [0.15, 0.2) is 0 Å². The number of ether oxygens (including phenoxy) is 1. The minimum Gasteiger partial charge on any atom is -0.496 e. The van der Waals surface area contributed by atoms with Crippen molar-refractivity contribution in [3.05, 3.63) is 26.7 Å². The van der Waals surface area contributed by atoms with Crippen LogP contribution in [0, 0.1) is 13.8 Å². The molecule has 0 aliphatic carbocycles. The summed E-state index contributed by atoms with van der Waals surface area (Å²) >= 11 is 9.37. The fraction of sp³-hybridized carbons (Fsp3) is 0.333. The molecule has 0 unspecified atom stereocenters. The van der Waals surface area contributed by atoms with Gasteiger partial charge in [-0.05, 0) is 19.9 Å². The molecular weight excluding hydrogens is 239 g/mol. The van der Waals surface area contributed by atoms with Crippen LogP contribution in [0.2, 0.25) is 5.02 Å². The second-order valence-electron chi connectivity index (χ2n) is 2.62. The summed E-state index contributed by atoms with van der Waals surface area (Å²) in [5, 5.41) is 0.726. The van der Waals surface area contributed by atoms with Crippen LogP contribution < -0.4 is 4.74 Å². The number of hydrogen-bond acceptors (Lipinski definition) is 1. The van der Waals surface area contributed by atoms with Crippen molar-refractivity contribution in [3.8, 4) is 5.75 Å². The van der Waals surface area contributed by atoms with Crippen molar-refractivity contribution in [2.75, 3.05) is 7.11 Å². The molecule has 0 aliphatic heterocycles. The SMILES string of the molecule is COc1c(C)c(Cl)cc(Br)c1C. The van der Waals surface area contributed by atoms with Crippen molar-refractivity contribution in [3.63, 3.8) is 0 Å². The topological polar surface area (TPSA) is 9.23 Å². The molecule has 1 rings (SSSR count). The molecule has 0 aliphatic rings. The smallest absolute Gasteiger partial charge is 0.127 e. The van der Waals surface area contributed by atoms with Crippen molar-refractivity contribution >= 4 is 27.5 Å². The van der Waals surface area contributed by atoms with Crippen LogP contribution in [0.4, 0.5) is 0 Å². The van der Waals surface area contributed by atoms with E-state index in [2.05, 4.69) is 15.9 Å². The Kier molecular flexibility index (Phi) is 3.02. The first-order chi connectivity index (χ1) is 5.57. The molecule has 1 nitrogen and oxygen atoms in total. The Morgan fingerprint density at radius 2 is 1.92 bits per heavy atom. The van der Waals surface area contributed by atoms with E-state index >= 15 is 0 Å². The molecule has 0 atom stereocenters. The minimum atomic E-state index is 0.726. The van der Waals surface area contributed by atoms with E-state index in [1.165, 1.54) is 0 Å². The fourth-order valence-corrected chi connectivity index (χ4v) is 1.87. The summed E-state index contributed by atoms with van der Waals surface area (Å²) in [5.74, 6) is 0.856. The fourth-order valence-electron chi connectivity index (χ4n) is 1.13. The zero-order chi connectivity index (χ0) is 9.30. The standard InChI is InChI=1S/C9H10BrClO/c1-5-7(10)4-8(11)6(2)9(5)12-3/h4H,1-3H3. The Morgan fingerprint density at radius 3 is 2.42 bits per heavy atom. The lowest BCUT2D eigenvalue weighted by molar-refractivity contribution is 0.408. The second kappa shape index (κ2) is 3.67. The molecule has 0 aromatic heterocycles. The van der Waals surface area contributed by atoms with Crippen LogP contribution in [-0.4, -0.2) is 7.11 Å². The predicted molar refractivity (Wildman–Crippen MR) is 55.2 cm³/mol.